The molecule has 1 N–H and O–H groups in total. The molecule has 1 aromatic heterocycles. The van der Waals surface area contributed by atoms with Gasteiger partial charge >= 0.3 is 5.97 Å². The molecular formula is C14H14N2O3S2. The van der Waals surface area contributed by atoms with E-state index in [9.17, 15) is 14.7 Å². The number of carboxylic acid groups (broad SMARTS) is 1. The summed E-state index contributed by atoms with van der Waals surface area (Å²) < 4.78 is 0.279. The lowest BCUT2D eigenvalue weighted by atomic mass is 10.0. The van der Waals surface area contributed by atoms with Gasteiger partial charge in [0.1, 0.15) is 10.4 Å². The molecule has 1 aliphatic rings. The summed E-state index contributed by atoms with van der Waals surface area (Å²) in [6, 6.07) is 2.59. The second-order valence-corrected chi connectivity index (χ2v) is 6.54. The van der Waals surface area contributed by atoms with Gasteiger partial charge in [-0.1, -0.05) is 37.8 Å². The molecule has 0 unspecified atom stereocenters. The largest absolute Gasteiger partial charge is 0.480 e. The molecule has 1 saturated heterocycles. The summed E-state index contributed by atoms with van der Waals surface area (Å²) in [7, 11) is 0. The minimum atomic E-state index is -1.05. The molecule has 1 aliphatic heterocycles. The third kappa shape index (κ3) is 3.30. The van der Waals surface area contributed by atoms with Crippen molar-refractivity contribution in [3.8, 4) is 0 Å². The first-order valence-electron chi connectivity index (χ1n) is 6.31. The van der Waals surface area contributed by atoms with Crippen molar-refractivity contribution in [2.75, 3.05) is 0 Å². The summed E-state index contributed by atoms with van der Waals surface area (Å²) >= 11 is 6.30. The van der Waals surface area contributed by atoms with Crippen LogP contribution in [0.15, 0.2) is 29.4 Å². The molecule has 21 heavy (non-hydrogen) atoms. The number of rotatable bonds is 4. The zero-order valence-electron chi connectivity index (χ0n) is 11.5. The van der Waals surface area contributed by atoms with Crippen molar-refractivity contribution >= 4 is 46.3 Å². The van der Waals surface area contributed by atoms with Crippen LogP contribution in [-0.4, -0.2) is 37.2 Å². The molecule has 0 aromatic carbocycles. The minimum Gasteiger partial charge on any atom is -0.480 e. The summed E-state index contributed by atoms with van der Waals surface area (Å²) in [6.07, 6.45) is 4.95. The highest BCUT2D eigenvalue weighted by atomic mass is 32.2. The van der Waals surface area contributed by atoms with Crippen LogP contribution >= 0.6 is 24.0 Å². The zero-order chi connectivity index (χ0) is 15.6. The van der Waals surface area contributed by atoms with Gasteiger partial charge in [-0.3, -0.25) is 14.7 Å². The van der Waals surface area contributed by atoms with E-state index in [-0.39, 0.29) is 16.1 Å². The highest BCUT2D eigenvalue weighted by Gasteiger charge is 2.41. The van der Waals surface area contributed by atoms with Gasteiger partial charge < -0.3 is 5.11 Å². The molecule has 0 bridgehead atoms. The van der Waals surface area contributed by atoms with Crippen LogP contribution in [0, 0.1) is 5.92 Å². The van der Waals surface area contributed by atoms with Gasteiger partial charge in [-0.05, 0) is 29.7 Å². The molecule has 5 nitrogen and oxygen atoms in total. The quantitative estimate of drug-likeness (QED) is 0.678. The van der Waals surface area contributed by atoms with E-state index >= 15 is 0 Å². The molecule has 1 amide bonds. The average molecular weight is 322 g/mol. The van der Waals surface area contributed by atoms with Gasteiger partial charge in [0, 0.05) is 12.4 Å². The maximum Gasteiger partial charge on any atom is 0.327 e. The van der Waals surface area contributed by atoms with Crippen LogP contribution in [0.25, 0.3) is 6.08 Å². The maximum atomic E-state index is 12.4. The van der Waals surface area contributed by atoms with Crippen LogP contribution in [-0.2, 0) is 9.59 Å². The number of aromatic nitrogens is 1. The average Bonchev–Trinajstić information content (AvgIpc) is 2.67. The Morgan fingerprint density at radius 2 is 2.05 bits per heavy atom. The van der Waals surface area contributed by atoms with Crippen LogP contribution in [0.5, 0.6) is 0 Å². The van der Waals surface area contributed by atoms with E-state index in [0.717, 1.165) is 17.3 Å². The second kappa shape index (κ2) is 6.36. The number of amides is 1. The topological polar surface area (TPSA) is 70.5 Å². The molecular weight excluding hydrogens is 308 g/mol. The number of carbonyl (C=O) groups is 2. The van der Waals surface area contributed by atoms with Gasteiger partial charge in [-0.15, -0.1) is 0 Å². The van der Waals surface area contributed by atoms with E-state index in [2.05, 4.69) is 4.98 Å². The number of carboxylic acids is 1. The molecule has 0 aliphatic carbocycles. The third-order valence-corrected chi connectivity index (χ3v) is 4.32. The lowest BCUT2D eigenvalue weighted by Crippen LogP contribution is -2.47. The van der Waals surface area contributed by atoms with Gasteiger partial charge in [0.2, 0.25) is 0 Å². The predicted octanol–water partition coefficient (Wildman–Crippen LogP) is 2.39. The van der Waals surface area contributed by atoms with E-state index in [1.165, 1.54) is 4.90 Å². The van der Waals surface area contributed by atoms with Crippen molar-refractivity contribution in [2.24, 2.45) is 5.92 Å². The van der Waals surface area contributed by atoms with Gasteiger partial charge in [-0.2, -0.15) is 0 Å². The highest BCUT2D eigenvalue weighted by molar-refractivity contribution is 8.26. The number of thioether (sulfide) groups is 1. The SMILES string of the molecule is CC(C)[C@H](C(=O)O)N1C(=O)/C(=C\c2ccncc2)SC1=S. The van der Waals surface area contributed by atoms with Gasteiger partial charge in [0.15, 0.2) is 0 Å². The number of thiocarbonyl (C=S) groups is 1. The smallest absolute Gasteiger partial charge is 0.327 e. The van der Waals surface area contributed by atoms with Gasteiger partial charge in [0.05, 0.1) is 4.91 Å². The highest BCUT2D eigenvalue weighted by Crippen LogP contribution is 2.35. The van der Waals surface area contributed by atoms with Gasteiger partial charge in [-0.25, -0.2) is 4.79 Å². The molecule has 110 valence electrons. The fourth-order valence-corrected chi connectivity index (χ4v) is 3.35. The molecule has 1 atom stereocenters. The normalized spacial score (nSPS) is 18.6. The lowest BCUT2D eigenvalue weighted by molar-refractivity contribution is -0.146. The Hall–Kier alpha value is -1.73. The Labute approximate surface area is 132 Å². The summed E-state index contributed by atoms with van der Waals surface area (Å²) in [5.41, 5.74) is 0.821. The second-order valence-electron chi connectivity index (χ2n) is 4.86. The van der Waals surface area contributed by atoms with E-state index in [0.29, 0.717) is 4.91 Å². The third-order valence-electron chi connectivity index (χ3n) is 2.99. The Balaban J connectivity index is 2.32. The van der Waals surface area contributed by atoms with Crippen LogP contribution in [0.3, 0.4) is 0 Å². The van der Waals surface area contributed by atoms with Crippen LogP contribution in [0.4, 0.5) is 0 Å². The van der Waals surface area contributed by atoms with Crippen LogP contribution in [0.1, 0.15) is 19.4 Å². The molecule has 2 heterocycles. The summed E-state index contributed by atoms with van der Waals surface area (Å²) in [6.45, 7) is 3.51. The molecule has 0 saturated carbocycles. The summed E-state index contributed by atoms with van der Waals surface area (Å²) in [5, 5.41) is 9.33. The number of aliphatic carboxylic acids is 1. The fourth-order valence-electron chi connectivity index (χ4n) is 2.02. The number of nitrogens with zero attached hydrogens (tertiary/aromatic N) is 2. The number of hydrogen-bond donors (Lipinski definition) is 1. The standard InChI is InChI=1S/C14H14N2O3S2/c1-8(2)11(13(18)19)16-12(17)10(21-14(16)20)7-9-3-5-15-6-4-9/h3-8,11H,1-2H3,(H,18,19)/b10-7+/t11-/m1/s1. The van der Waals surface area contributed by atoms with Crippen LogP contribution in [0.2, 0.25) is 0 Å². The predicted molar refractivity (Wildman–Crippen MR) is 85.5 cm³/mol. The van der Waals surface area contributed by atoms with Crippen LogP contribution < -0.4 is 0 Å². The monoisotopic (exact) mass is 322 g/mol. The Morgan fingerprint density at radius 1 is 1.43 bits per heavy atom. The molecule has 0 radical (unpaired) electrons. The number of hydrogen-bond acceptors (Lipinski definition) is 5. The first-order chi connectivity index (χ1) is 9.91. The van der Waals surface area contributed by atoms with E-state index in [1.807, 2.05) is 0 Å². The van der Waals surface area contributed by atoms with E-state index < -0.39 is 12.0 Å². The van der Waals surface area contributed by atoms with Crippen molar-refractivity contribution in [2.45, 2.75) is 19.9 Å². The minimum absolute atomic E-state index is 0.231. The lowest BCUT2D eigenvalue weighted by Gasteiger charge is -2.26. The Bertz CT molecular complexity index is 614. The summed E-state index contributed by atoms with van der Waals surface area (Å²) in [5.74, 6) is -1.64. The van der Waals surface area contributed by atoms with Gasteiger partial charge in [0.25, 0.3) is 5.91 Å². The molecule has 1 aromatic rings. The maximum absolute atomic E-state index is 12.4. The van der Waals surface area contributed by atoms with E-state index in [1.54, 1.807) is 44.4 Å². The van der Waals surface area contributed by atoms with Crippen molar-refractivity contribution < 1.29 is 14.7 Å². The zero-order valence-corrected chi connectivity index (χ0v) is 13.1. The van der Waals surface area contributed by atoms with Crippen molar-refractivity contribution in [1.29, 1.82) is 0 Å². The first kappa shape index (κ1) is 15.7. The molecule has 1 fully saturated rings. The molecule has 7 heteroatoms. The van der Waals surface area contributed by atoms with Crippen molar-refractivity contribution in [3.05, 3.63) is 35.0 Å². The van der Waals surface area contributed by atoms with Crippen molar-refractivity contribution in [3.63, 3.8) is 0 Å². The molecule has 0 spiro atoms. The molecule has 2 rings (SSSR count). The summed E-state index contributed by atoms with van der Waals surface area (Å²) in [4.78, 5) is 29.4. The van der Waals surface area contributed by atoms with Crippen molar-refractivity contribution in [1.82, 2.24) is 9.88 Å². The van der Waals surface area contributed by atoms with E-state index in [4.69, 9.17) is 12.2 Å². The number of carbonyl (C=O) groups excluding carboxylic acids is 1. The Kier molecular flexibility index (Phi) is 4.74. The Morgan fingerprint density at radius 3 is 2.57 bits per heavy atom. The fraction of sp³-hybridized carbons (Fsp3) is 0.286. The number of pyridine rings is 1. The first-order valence-corrected chi connectivity index (χ1v) is 7.54.